The third-order valence-corrected chi connectivity index (χ3v) is 11.4. The summed E-state index contributed by atoms with van der Waals surface area (Å²) in [7, 11) is 0. The summed E-state index contributed by atoms with van der Waals surface area (Å²) in [5.41, 5.74) is 3.03. The fourth-order valence-electron chi connectivity index (χ4n) is 9.54. The van der Waals surface area contributed by atoms with Crippen molar-refractivity contribution in [2.24, 2.45) is 40.6 Å². The molecule has 0 unspecified atom stereocenters. The van der Waals surface area contributed by atoms with Crippen molar-refractivity contribution in [3.8, 4) is 5.75 Å². The monoisotopic (exact) mass is 611 g/mol. The Labute approximate surface area is 266 Å². The Balaban J connectivity index is 1.19. The van der Waals surface area contributed by atoms with Crippen molar-refractivity contribution in [3.63, 3.8) is 0 Å². The molecule has 2 aliphatic heterocycles. The standard InChI is InChI=1S/C38H33N3O5/c1-2-19-46-24-17-15-23(16-18-24)40-34(42)32-31-25-7-3-5-9-27(25)38(33(32)37(40)45,28-10-6-4-8-26(28)31)20-39-41-35(43)29-21-11-12-22(14-13-21)30(29)36(41)44/h3-12,15-18,20-22,29-33H,2,13-14,19H2,1H3/b39-20-/t21-,22-,29+,30+,31?,32+,33-,38?/m0/s1. The smallest absolute Gasteiger partial charge is 0.254 e. The van der Waals surface area contributed by atoms with E-state index in [9.17, 15) is 19.2 Å². The lowest BCUT2D eigenvalue weighted by atomic mass is 9.47. The molecule has 3 aromatic rings. The number of fused-ring (bicyclic) bond motifs is 1. The van der Waals surface area contributed by atoms with Gasteiger partial charge in [0, 0.05) is 12.1 Å². The van der Waals surface area contributed by atoms with E-state index in [4.69, 9.17) is 9.84 Å². The predicted octanol–water partition coefficient (Wildman–Crippen LogP) is 5.21. The van der Waals surface area contributed by atoms with E-state index in [1.807, 2.05) is 55.5 Å². The summed E-state index contributed by atoms with van der Waals surface area (Å²) in [5, 5.41) is 5.80. The molecule has 3 fully saturated rings. The molecule has 0 aromatic heterocycles. The molecule has 8 heteroatoms. The lowest BCUT2D eigenvalue weighted by Gasteiger charge is -2.52. The summed E-state index contributed by atoms with van der Waals surface area (Å²) in [6.07, 6.45) is 8.49. The average molecular weight is 612 g/mol. The number of rotatable bonds is 6. The van der Waals surface area contributed by atoms with Crippen molar-refractivity contribution in [2.75, 3.05) is 11.5 Å². The first kappa shape index (κ1) is 27.5. The first-order valence-corrected chi connectivity index (χ1v) is 16.4. The quantitative estimate of drug-likeness (QED) is 0.217. The Morgan fingerprint density at radius 3 is 1.91 bits per heavy atom. The Bertz CT molecular complexity index is 1820. The molecule has 2 heterocycles. The van der Waals surface area contributed by atoms with Crippen LogP contribution in [0.15, 0.2) is 90.0 Å². The number of anilines is 1. The van der Waals surface area contributed by atoms with Gasteiger partial charge in [0.25, 0.3) is 11.8 Å². The predicted molar refractivity (Wildman–Crippen MR) is 170 cm³/mol. The van der Waals surface area contributed by atoms with E-state index in [2.05, 4.69) is 12.2 Å². The number of hydrazone groups is 1. The highest BCUT2D eigenvalue weighted by Crippen LogP contribution is 2.64. The van der Waals surface area contributed by atoms with Gasteiger partial charge in [-0.2, -0.15) is 10.1 Å². The number of carbonyl (C=O) groups is 4. The topological polar surface area (TPSA) is 96.3 Å². The Morgan fingerprint density at radius 1 is 0.761 bits per heavy atom. The average Bonchev–Trinajstić information content (AvgIpc) is 3.53. The van der Waals surface area contributed by atoms with E-state index < -0.39 is 29.1 Å². The summed E-state index contributed by atoms with van der Waals surface area (Å²) < 4.78 is 5.75. The Morgan fingerprint density at radius 2 is 1.35 bits per heavy atom. The zero-order valence-electron chi connectivity index (χ0n) is 25.4. The van der Waals surface area contributed by atoms with Crippen LogP contribution in [0.5, 0.6) is 5.75 Å². The normalized spacial score (nSPS) is 33.1. The van der Waals surface area contributed by atoms with E-state index in [0.29, 0.717) is 18.0 Å². The number of imide groups is 2. The molecule has 0 N–H and O–H groups in total. The molecule has 0 radical (unpaired) electrons. The minimum absolute atomic E-state index is 0.0436. The van der Waals surface area contributed by atoms with E-state index in [1.54, 1.807) is 30.5 Å². The van der Waals surface area contributed by atoms with E-state index >= 15 is 0 Å². The van der Waals surface area contributed by atoms with Crippen LogP contribution in [-0.2, 0) is 24.6 Å². The molecule has 6 aliphatic carbocycles. The molecule has 8 nitrogen and oxygen atoms in total. The molecule has 4 bridgehead atoms. The van der Waals surface area contributed by atoms with Crippen LogP contribution in [0, 0.1) is 35.5 Å². The molecule has 1 saturated carbocycles. The van der Waals surface area contributed by atoms with Gasteiger partial charge in [0.15, 0.2) is 0 Å². The van der Waals surface area contributed by atoms with Crippen LogP contribution >= 0.6 is 0 Å². The first-order valence-electron chi connectivity index (χ1n) is 16.4. The van der Waals surface area contributed by atoms with E-state index in [0.717, 1.165) is 46.5 Å². The highest BCUT2D eigenvalue weighted by Gasteiger charge is 2.68. The summed E-state index contributed by atoms with van der Waals surface area (Å²) in [6.45, 7) is 2.61. The van der Waals surface area contributed by atoms with Gasteiger partial charge in [0.2, 0.25) is 11.8 Å². The molecule has 2 saturated heterocycles. The van der Waals surface area contributed by atoms with Gasteiger partial charge in [-0.25, -0.2) is 4.90 Å². The van der Waals surface area contributed by atoms with Gasteiger partial charge >= 0.3 is 0 Å². The summed E-state index contributed by atoms with van der Waals surface area (Å²) in [6, 6.07) is 22.9. The van der Waals surface area contributed by atoms with Gasteiger partial charge in [-0.1, -0.05) is 67.6 Å². The molecule has 8 aliphatic rings. The van der Waals surface area contributed by atoms with Crippen molar-refractivity contribution in [1.29, 1.82) is 0 Å². The molecule has 6 atom stereocenters. The number of hydrogen-bond donors (Lipinski definition) is 0. The van der Waals surface area contributed by atoms with Crippen LogP contribution in [0.3, 0.4) is 0 Å². The van der Waals surface area contributed by atoms with Crippen molar-refractivity contribution < 1.29 is 23.9 Å². The number of nitrogens with zero attached hydrogens (tertiary/aromatic N) is 3. The summed E-state index contributed by atoms with van der Waals surface area (Å²) in [5.74, 6) is -2.94. The first-order chi connectivity index (χ1) is 22.5. The summed E-state index contributed by atoms with van der Waals surface area (Å²) in [4.78, 5) is 58.1. The van der Waals surface area contributed by atoms with Crippen LogP contribution < -0.4 is 9.64 Å². The number of ether oxygens (including phenoxy) is 1. The van der Waals surface area contributed by atoms with E-state index in [1.165, 1.54) is 4.90 Å². The Hall–Kier alpha value is -4.85. The third-order valence-electron chi connectivity index (χ3n) is 11.4. The van der Waals surface area contributed by atoms with Gasteiger partial charge < -0.3 is 4.74 Å². The molecule has 3 aromatic carbocycles. The lowest BCUT2D eigenvalue weighted by Crippen LogP contribution is -2.55. The number of benzene rings is 3. The minimum Gasteiger partial charge on any atom is -0.494 e. The van der Waals surface area contributed by atoms with Gasteiger partial charge in [-0.3, -0.25) is 19.2 Å². The second-order valence-corrected chi connectivity index (χ2v) is 13.5. The largest absolute Gasteiger partial charge is 0.494 e. The summed E-state index contributed by atoms with van der Waals surface area (Å²) >= 11 is 0. The number of allylic oxidation sites excluding steroid dienone is 2. The van der Waals surface area contributed by atoms with Crippen molar-refractivity contribution in [1.82, 2.24) is 5.01 Å². The van der Waals surface area contributed by atoms with Crippen LogP contribution in [0.25, 0.3) is 0 Å². The zero-order chi connectivity index (χ0) is 31.3. The van der Waals surface area contributed by atoms with Crippen LogP contribution in [0.2, 0.25) is 0 Å². The van der Waals surface area contributed by atoms with Gasteiger partial charge in [-0.05, 0) is 77.6 Å². The number of amides is 4. The maximum atomic E-state index is 14.7. The molecule has 11 rings (SSSR count). The van der Waals surface area contributed by atoms with Gasteiger partial charge in [0.1, 0.15) is 5.75 Å². The highest BCUT2D eigenvalue weighted by atomic mass is 16.5. The number of carbonyl (C=O) groups excluding carboxylic acids is 4. The maximum absolute atomic E-state index is 14.7. The molecule has 0 spiro atoms. The molecular formula is C38H33N3O5. The second-order valence-electron chi connectivity index (χ2n) is 13.5. The molecule has 4 amide bonds. The zero-order valence-corrected chi connectivity index (χ0v) is 25.4. The van der Waals surface area contributed by atoms with Crippen molar-refractivity contribution >= 4 is 35.5 Å². The Kier molecular flexibility index (Phi) is 5.86. The fourth-order valence-corrected chi connectivity index (χ4v) is 9.54. The molecular weight excluding hydrogens is 578 g/mol. The fraction of sp³-hybridized carbons (Fsp3) is 0.342. The molecule has 46 heavy (non-hydrogen) atoms. The number of hydrogen-bond acceptors (Lipinski definition) is 6. The SMILES string of the molecule is CCCOc1ccc(N2C(=O)[C@@H]3C4c5ccccc5C(/C=N\N5C(=O)[C@H]6[C@H](C5=O)[C@H]5C=C[C@H]6CC5)(c5ccccc54)[C@@H]3C2=O)cc1. The van der Waals surface area contributed by atoms with Crippen molar-refractivity contribution in [2.45, 2.75) is 37.5 Å². The van der Waals surface area contributed by atoms with Gasteiger partial charge in [0.05, 0.1) is 41.4 Å². The molecule has 230 valence electrons. The van der Waals surface area contributed by atoms with Crippen LogP contribution in [-0.4, -0.2) is 41.5 Å². The van der Waals surface area contributed by atoms with E-state index in [-0.39, 0.29) is 41.4 Å². The minimum atomic E-state index is -1.16. The van der Waals surface area contributed by atoms with Crippen LogP contribution in [0.1, 0.15) is 54.4 Å². The second kappa shape index (κ2) is 9.82. The lowest BCUT2D eigenvalue weighted by molar-refractivity contribution is -0.140. The van der Waals surface area contributed by atoms with Gasteiger partial charge in [-0.15, -0.1) is 0 Å². The maximum Gasteiger partial charge on any atom is 0.254 e. The third kappa shape index (κ3) is 3.42. The van der Waals surface area contributed by atoms with Crippen molar-refractivity contribution in [3.05, 3.63) is 107 Å². The highest BCUT2D eigenvalue weighted by molar-refractivity contribution is 6.25. The van der Waals surface area contributed by atoms with Crippen LogP contribution in [0.4, 0.5) is 5.69 Å².